The zero-order chi connectivity index (χ0) is 25.0. The third kappa shape index (κ3) is 6.02. The minimum atomic E-state index is -3.50. The average molecular weight is 496 g/mol. The van der Waals surface area contributed by atoms with Crippen molar-refractivity contribution in [3.63, 3.8) is 0 Å². The van der Waals surface area contributed by atoms with Crippen molar-refractivity contribution in [3.05, 3.63) is 23.8 Å². The van der Waals surface area contributed by atoms with Crippen LogP contribution in [0.1, 0.15) is 50.4 Å². The third-order valence-electron chi connectivity index (χ3n) is 6.84. The smallest absolute Gasteiger partial charge is 0.257 e. The summed E-state index contributed by atoms with van der Waals surface area (Å²) in [5.74, 6) is 0.182. The largest absolute Gasteiger partial charge is 0.491 e. The first-order chi connectivity index (χ1) is 16.1. The topological polar surface area (TPSA) is 105 Å². The molecule has 1 fully saturated rings. The fourth-order valence-corrected chi connectivity index (χ4v) is 4.92. The molecule has 2 aliphatic rings. The van der Waals surface area contributed by atoms with Gasteiger partial charge in [-0.1, -0.05) is 13.3 Å². The molecular formula is C24H37N3O6S. The minimum Gasteiger partial charge on any atom is -0.491 e. The number of nitrogens with one attached hydrogen (secondary N) is 1. The van der Waals surface area contributed by atoms with E-state index in [0.29, 0.717) is 24.5 Å². The van der Waals surface area contributed by atoms with Gasteiger partial charge in [-0.15, -0.1) is 0 Å². The van der Waals surface area contributed by atoms with Gasteiger partial charge in [0.1, 0.15) is 12.4 Å². The molecule has 3 rings (SSSR count). The maximum atomic E-state index is 13.3. The first-order valence-electron chi connectivity index (χ1n) is 11.9. The number of fused-ring (bicyclic) bond motifs is 1. The molecule has 2 amide bonds. The van der Waals surface area contributed by atoms with Crippen molar-refractivity contribution in [2.45, 2.75) is 52.2 Å². The van der Waals surface area contributed by atoms with Gasteiger partial charge < -0.3 is 19.3 Å². The van der Waals surface area contributed by atoms with Gasteiger partial charge >= 0.3 is 0 Å². The Labute approximate surface area is 202 Å². The molecule has 0 radical (unpaired) electrons. The lowest BCUT2D eigenvalue weighted by Gasteiger charge is -2.39. The quantitative estimate of drug-likeness (QED) is 0.673. The number of carbonyl (C=O) groups excluding carboxylic acids is 2. The molecule has 0 saturated heterocycles. The molecule has 1 aromatic rings. The van der Waals surface area contributed by atoms with E-state index in [-0.39, 0.29) is 53.7 Å². The molecule has 9 nitrogen and oxygen atoms in total. The monoisotopic (exact) mass is 495 g/mol. The first-order valence-corrected chi connectivity index (χ1v) is 13.6. The highest BCUT2D eigenvalue weighted by atomic mass is 32.2. The van der Waals surface area contributed by atoms with Crippen molar-refractivity contribution >= 4 is 27.5 Å². The molecule has 1 aromatic carbocycles. The van der Waals surface area contributed by atoms with E-state index in [0.717, 1.165) is 19.3 Å². The standard InChI is InChI=1S/C24H37N3O6S/c1-6-34(30,31)25-19-10-11-21-20(12-19)24(29)26(4)14-22(32-5)16(2)13-27(17(3)15-33-21)23(28)18-8-7-9-18/h10-12,16-18,22,25H,6-9,13-15H2,1-5H3/t16-,17-,22+/m1/s1. The molecule has 0 unspecified atom stereocenters. The van der Waals surface area contributed by atoms with Crippen molar-refractivity contribution in [3.8, 4) is 5.75 Å². The van der Waals surface area contributed by atoms with Crippen LogP contribution in [-0.4, -0.2) is 81.8 Å². The van der Waals surface area contributed by atoms with Crippen LogP contribution in [0.15, 0.2) is 18.2 Å². The summed E-state index contributed by atoms with van der Waals surface area (Å²) in [5.41, 5.74) is 0.551. The highest BCUT2D eigenvalue weighted by Crippen LogP contribution is 2.31. The van der Waals surface area contributed by atoms with Gasteiger partial charge in [0.15, 0.2) is 0 Å². The number of methoxy groups -OCH3 is 1. The van der Waals surface area contributed by atoms with E-state index in [1.54, 1.807) is 38.1 Å². The summed E-state index contributed by atoms with van der Waals surface area (Å²) < 4.78 is 38.4. The Hall–Kier alpha value is -2.33. The minimum absolute atomic E-state index is 0.00618. The second-order valence-electron chi connectivity index (χ2n) is 9.43. The second kappa shape index (κ2) is 10.9. The summed E-state index contributed by atoms with van der Waals surface area (Å²) in [7, 11) is -0.208. The zero-order valence-electron chi connectivity index (χ0n) is 20.7. The summed E-state index contributed by atoms with van der Waals surface area (Å²) >= 11 is 0. The number of likely N-dealkylation sites (N-methyl/N-ethyl adjacent to an activating group) is 1. The molecule has 1 saturated carbocycles. The van der Waals surface area contributed by atoms with Crippen LogP contribution in [0.4, 0.5) is 5.69 Å². The van der Waals surface area contributed by atoms with E-state index < -0.39 is 10.0 Å². The summed E-state index contributed by atoms with van der Waals surface area (Å²) in [6.45, 7) is 6.58. The van der Waals surface area contributed by atoms with Gasteiger partial charge in [-0.25, -0.2) is 8.42 Å². The zero-order valence-corrected chi connectivity index (χ0v) is 21.6. The molecule has 0 aromatic heterocycles. The molecule has 0 spiro atoms. The highest BCUT2D eigenvalue weighted by molar-refractivity contribution is 7.92. The molecule has 1 aliphatic carbocycles. The van der Waals surface area contributed by atoms with Crippen molar-refractivity contribution in [1.82, 2.24) is 9.80 Å². The van der Waals surface area contributed by atoms with Crippen LogP contribution in [0.25, 0.3) is 0 Å². The number of nitrogens with zero attached hydrogens (tertiary/aromatic N) is 2. The van der Waals surface area contributed by atoms with Gasteiger partial charge in [0.2, 0.25) is 15.9 Å². The molecule has 0 bridgehead atoms. The number of ether oxygens (including phenoxy) is 2. The molecule has 1 heterocycles. The van der Waals surface area contributed by atoms with Crippen LogP contribution in [0.5, 0.6) is 5.75 Å². The summed E-state index contributed by atoms with van der Waals surface area (Å²) in [5, 5.41) is 0. The lowest BCUT2D eigenvalue weighted by molar-refractivity contribution is -0.142. The van der Waals surface area contributed by atoms with Gasteiger partial charge in [0.25, 0.3) is 5.91 Å². The van der Waals surface area contributed by atoms with Crippen LogP contribution in [-0.2, 0) is 19.6 Å². The van der Waals surface area contributed by atoms with Crippen LogP contribution < -0.4 is 9.46 Å². The van der Waals surface area contributed by atoms with E-state index in [1.807, 2.05) is 18.7 Å². The van der Waals surface area contributed by atoms with E-state index in [2.05, 4.69) is 4.72 Å². The van der Waals surface area contributed by atoms with E-state index in [1.165, 1.54) is 6.07 Å². The number of sulfonamides is 1. The lowest BCUT2D eigenvalue weighted by atomic mass is 9.83. The predicted molar refractivity (Wildman–Crippen MR) is 130 cm³/mol. The first kappa shape index (κ1) is 26.3. The van der Waals surface area contributed by atoms with Crippen molar-refractivity contribution in [2.24, 2.45) is 11.8 Å². The molecule has 190 valence electrons. The Kier molecular flexibility index (Phi) is 8.46. The Morgan fingerprint density at radius 1 is 1.24 bits per heavy atom. The number of hydrogen-bond acceptors (Lipinski definition) is 6. The number of amides is 2. The van der Waals surface area contributed by atoms with Gasteiger partial charge in [0.05, 0.1) is 23.5 Å². The Morgan fingerprint density at radius 3 is 2.53 bits per heavy atom. The predicted octanol–water partition coefficient (Wildman–Crippen LogP) is 2.58. The maximum Gasteiger partial charge on any atom is 0.257 e. The second-order valence-corrected chi connectivity index (χ2v) is 11.4. The van der Waals surface area contributed by atoms with E-state index in [9.17, 15) is 18.0 Å². The molecule has 3 atom stereocenters. The number of benzene rings is 1. The van der Waals surface area contributed by atoms with Crippen LogP contribution in [0.3, 0.4) is 0 Å². The van der Waals surface area contributed by atoms with Crippen molar-refractivity contribution < 1.29 is 27.5 Å². The van der Waals surface area contributed by atoms with Crippen LogP contribution in [0, 0.1) is 11.8 Å². The average Bonchev–Trinajstić information content (AvgIpc) is 2.76. The van der Waals surface area contributed by atoms with Gasteiger partial charge in [-0.2, -0.15) is 0 Å². The summed E-state index contributed by atoms with van der Waals surface area (Å²) in [6, 6.07) is 4.47. The number of rotatable bonds is 5. The molecule has 34 heavy (non-hydrogen) atoms. The van der Waals surface area contributed by atoms with E-state index in [4.69, 9.17) is 9.47 Å². The van der Waals surface area contributed by atoms with Crippen molar-refractivity contribution in [2.75, 3.05) is 44.3 Å². The van der Waals surface area contributed by atoms with Gasteiger partial charge in [0, 0.05) is 44.8 Å². The Bertz CT molecular complexity index is 994. The summed E-state index contributed by atoms with van der Waals surface area (Å²) in [4.78, 5) is 30.0. The molecule has 1 aliphatic heterocycles. The number of carbonyl (C=O) groups is 2. The SMILES string of the molecule is CCS(=O)(=O)Nc1ccc2c(c1)C(=O)N(C)C[C@H](OC)[C@H](C)CN(C(=O)C1CCC1)[C@H](C)CO2. The lowest BCUT2D eigenvalue weighted by Crippen LogP contribution is -2.51. The number of anilines is 1. The normalized spacial score (nSPS) is 24.9. The fourth-order valence-electron chi connectivity index (χ4n) is 4.29. The van der Waals surface area contributed by atoms with Gasteiger partial charge in [-0.3, -0.25) is 14.3 Å². The number of hydrogen-bond donors (Lipinski definition) is 1. The molecule has 1 N–H and O–H groups in total. The molecular weight excluding hydrogens is 458 g/mol. The Balaban J connectivity index is 1.96. The van der Waals surface area contributed by atoms with Crippen LogP contribution in [0.2, 0.25) is 0 Å². The maximum absolute atomic E-state index is 13.3. The summed E-state index contributed by atoms with van der Waals surface area (Å²) in [6.07, 6.45) is 2.64. The molecule has 10 heteroatoms. The fraction of sp³-hybridized carbons (Fsp3) is 0.667. The van der Waals surface area contributed by atoms with E-state index >= 15 is 0 Å². The Morgan fingerprint density at radius 2 is 1.94 bits per heavy atom. The third-order valence-corrected chi connectivity index (χ3v) is 8.14. The highest BCUT2D eigenvalue weighted by Gasteiger charge is 2.35. The van der Waals surface area contributed by atoms with Crippen molar-refractivity contribution in [1.29, 1.82) is 0 Å². The van der Waals surface area contributed by atoms with Crippen LogP contribution >= 0.6 is 0 Å². The van der Waals surface area contributed by atoms with Gasteiger partial charge in [-0.05, 0) is 44.9 Å².